The molecule has 0 atom stereocenters. The van der Waals surface area contributed by atoms with Crippen LogP contribution in [-0.4, -0.2) is 36.6 Å². The number of nitrogens with zero attached hydrogens (tertiary/aromatic N) is 1. The van der Waals surface area contributed by atoms with Gasteiger partial charge in [-0.1, -0.05) is 12.1 Å². The van der Waals surface area contributed by atoms with Crippen LogP contribution in [0.5, 0.6) is 11.5 Å². The van der Waals surface area contributed by atoms with E-state index in [2.05, 4.69) is 5.32 Å². The molecule has 0 radical (unpaired) electrons. The summed E-state index contributed by atoms with van der Waals surface area (Å²) in [4.78, 5) is 27.0. The number of ketones is 1. The second kappa shape index (κ2) is 7.51. The third-order valence-electron chi connectivity index (χ3n) is 6.57. The molecule has 1 aliphatic carbocycles. The molecule has 2 heterocycles. The maximum atomic E-state index is 14.3. The maximum absolute atomic E-state index is 14.3. The molecule has 2 aliphatic heterocycles. The SMILES string of the molecule is O=C1CC2(CCN(C(=O)NCc3cccc4c3OCO4)CC2)Cc2c(F)cc(F)cc21. The van der Waals surface area contributed by atoms with Gasteiger partial charge in [0.15, 0.2) is 17.3 Å². The second-order valence-corrected chi connectivity index (χ2v) is 8.49. The highest BCUT2D eigenvalue weighted by molar-refractivity contribution is 5.99. The van der Waals surface area contributed by atoms with Gasteiger partial charge in [-0.25, -0.2) is 13.6 Å². The number of hydrogen-bond donors (Lipinski definition) is 1. The lowest BCUT2D eigenvalue weighted by Crippen LogP contribution is -2.49. The number of benzene rings is 2. The quantitative estimate of drug-likeness (QED) is 0.790. The monoisotopic (exact) mass is 428 g/mol. The number of carbonyl (C=O) groups is 2. The number of hydrogen-bond acceptors (Lipinski definition) is 4. The zero-order chi connectivity index (χ0) is 21.6. The van der Waals surface area contributed by atoms with Gasteiger partial charge < -0.3 is 19.7 Å². The van der Waals surface area contributed by atoms with Gasteiger partial charge in [-0.05, 0) is 42.4 Å². The van der Waals surface area contributed by atoms with E-state index in [-0.39, 0.29) is 36.0 Å². The molecule has 1 spiro atoms. The molecule has 2 amide bonds. The van der Waals surface area contributed by atoms with E-state index in [4.69, 9.17) is 9.47 Å². The standard InChI is InChI=1S/C23H22F2N2O4/c24-15-8-16-17(18(25)9-15)10-23(11-19(16)28)4-6-27(7-5-23)22(29)26-12-14-2-1-3-20-21(14)31-13-30-20/h1-3,8-9H,4-7,10-13H2,(H,26,29). The number of carbonyl (C=O) groups excluding carboxylic acids is 2. The number of para-hydroxylation sites is 1. The highest BCUT2D eigenvalue weighted by Gasteiger charge is 2.42. The van der Waals surface area contributed by atoms with Crippen LogP contribution < -0.4 is 14.8 Å². The third kappa shape index (κ3) is 3.60. The van der Waals surface area contributed by atoms with Crippen molar-refractivity contribution < 1.29 is 27.8 Å². The summed E-state index contributed by atoms with van der Waals surface area (Å²) in [5, 5.41) is 2.91. The Morgan fingerprint density at radius 1 is 1.13 bits per heavy atom. The predicted octanol–water partition coefficient (Wildman–Crippen LogP) is 3.81. The van der Waals surface area contributed by atoms with Gasteiger partial charge in [-0.15, -0.1) is 0 Å². The van der Waals surface area contributed by atoms with E-state index in [1.54, 1.807) is 4.90 Å². The highest BCUT2D eigenvalue weighted by Crippen LogP contribution is 2.44. The van der Waals surface area contributed by atoms with E-state index < -0.39 is 11.6 Å². The summed E-state index contributed by atoms with van der Waals surface area (Å²) in [6.45, 7) is 1.44. The van der Waals surface area contributed by atoms with Gasteiger partial charge in [-0.3, -0.25) is 4.79 Å². The summed E-state index contributed by atoms with van der Waals surface area (Å²) in [5.41, 5.74) is 0.917. The lowest BCUT2D eigenvalue weighted by atomic mass is 9.66. The fraction of sp³-hybridized carbons (Fsp3) is 0.391. The Labute approximate surface area is 178 Å². The van der Waals surface area contributed by atoms with Crippen molar-refractivity contribution in [3.05, 3.63) is 58.7 Å². The zero-order valence-electron chi connectivity index (χ0n) is 16.9. The molecule has 2 aromatic rings. The van der Waals surface area contributed by atoms with Crippen LogP contribution in [0.1, 0.15) is 40.7 Å². The van der Waals surface area contributed by atoms with Crippen LogP contribution in [-0.2, 0) is 13.0 Å². The topological polar surface area (TPSA) is 67.9 Å². The van der Waals surface area contributed by atoms with Crippen molar-refractivity contribution in [1.82, 2.24) is 10.2 Å². The number of nitrogens with one attached hydrogen (secondary N) is 1. The first-order valence-corrected chi connectivity index (χ1v) is 10.4. The highest BCUT2D eigenvalue weighted by atomic mass is 19.1. The zero-order valence-corrected chi connectivity index (χ0v) is 16.9. The number of Topliss-reactive ketones (excluding diaryl/α,β-unsaturated/α-hetero) is 1. The molecule has 3 aliphatic rings. The molecule has 0 unspecified atom stereocenters. The van der Waals surface area contributed by atoms with E-state index in [1.807, 2.05) is 18.2 Å². The Morgan fingerprint density at radius 3 is 2.74 bits per heavy atom. The van der Waals surface area contributed by atoms with E-state index >= 15 is 0 Å². The summed E-state index contributed by atoms with van der Waals surface area (Å²) in [6, 6.07) is 7.32. The minimum Gasteiger partial charge on any atom is -0.454 e. The van der Waals surface area contributed by atoms with Crippen LogP contribution in [0.25, 0.3) is 0 Å². The van der Waals surface area contributed by atoms with Gasteiger partial charge in [0.1, 0.15) is 11.6 Å². The Kier molecular flexibility index (Phi) is 4.79. The lowest BCUT2D eigenvalue weighted by Gasteiger charge is -2.44. The molecule has 1 N–H and O–H groups in total. The lowest BCUT2D eigenvalue weighted by molar-refractivity contribution is 0.0729. The van der Waals surface area contributed by atoms with E-state index in [1.165, 1.54) is 0 Å². The van der Waals surface area contributed by atoms with E-state index in [9.17, 15) is 18.4 Å². The molecule has 1 fully saturated rings. The summed E-state index contributed by atoms with van der Waals surface area (Å²) in [6.07, 6.45) is 1.84. The van der Waals surface area contributed by atoms with Crippen LogP contribution in [0.3, 0.4) is 0 Å². The predicted molar refractivity (Wildman–Crippen MR) is 107 cm³/mol. The molecular formula is C23H22F2N2O4. The molecule has 2 aromatic carbocycles. The number of fused-ring (bicyclic) bond motifs is 2. The molecule has 5 rings (SSSR count). The summed E-state index contributed by atoms with van der Waals surface area (Å²) in [5.74, 6) is -0.297. The van der Waals surface area contributed by atoms with Crippen LogP contribution in [0, 0.1) is 17.0 Å². The molecule has 0 bridgehead atoms. The van der Waals surface area contributed by atoms with Crippen molar-refractivity contribution in [2.75, 3.05) is 19.9 Å². The molecule has 0 aromatic heterocycles. The van der Waals surface area contributed by atoms with Crippen LogP contribution in [0.4, 0.5) is 13.6 Å². The Hall–Kier alpha value is -3.16. The average molecular weight is 428 g/mol. The summed E-state index contributed by atoms with van der Waals surface area (Å²) in [7, 11) is 0. The number of amides is 2. The fourth-order valence-corrected chi connectivity index (χ4v) is 4.86. The largest absolute Gasteiger partial charge is 0.454 e. The third-order valence-corrected chi connectivity index (χ3v) is 6.57. The first-order valence-electron chi connectivity index (χ1n) is 10.4. The van der Waals surface area contributed by atoms with Crippen molar-refractivity contribution in [3.63, 3.8) is 0 Å². The van der Waals surface area contributed by atoms with Gasteiger partial charge in [-0.2, -0.15) is 0 Å². The molecule has 0 saturated carbocycles. The summed E-state index contributed by atoms with van der Waals surface area (Å²) < 4.78 is 38.7. The van der Waals surface area contributed by atoms with E-state index in [0.29, 0.717) is 56.0 Å². The number of likely N-dealkylation sites (tertiary alicyclic amines) is 1. The number of piperidine rings is 1. The molecule has 162 valence electrons. The Morgan fingerprint density at radius 2 is 1.94 bits per heavy atom. The van der Waals surface area contributed by atoms with Crippen molar-refractivity contribution in [3.8, 4) is 11.5 Å². The van der Waals surface area contributed by atoms with Gasteiger partial charge in [0.25, 0.3) is 0 Å². The van der Waals surface area contributed by atoms with E-state index in [0.717, 1.165) is 17.7 Å². The Bertz CT molecular complexity index is 1060. The number of ether oxygens (including phenoxy) is 2. The first kappa shape index (κ1) is 19.8. The smallest absolute Gasteiger partial charge is 0.317 e. The normalized spacial score (nSPS) is 18.8. The van der Waals surface area contributed by atoms with Crippen molar-refractivity contribution in [2.45, 2.75) is 32.2 Å². The van der Waals surface area contributed by atoms with Crippen molar-refractivity contribution in [2.24, 2.45) is 5.41 Å². The Balaban J connectivity index is 1.22. The molecule has 31 heavy (non-hydrogen) atoms. The van der Waals surface area contributed by atoms with Crippen LogP contribution in [0.15, 0.2) is 30.3 Å². The van der Waals surface area contributed by atoms with Crippen LogP contribution >= 0.6 is 0 Å². The van der Waals surface area contributed by atoms with Crippen LogP contribution in [0.2, 0.25) is 0 Å². The van der Waals surface area contributed by atoms with Gasteiger partial charge in [0.2, 0.25) is 6.79 Å². The van der Waals surface area contributed by atoms with Gasteiger partial charge in [0, 0.05) is 43.2 Å². The molecule has 8 heteroatoms. The van der Waals surface area contributed by atoms with Crippen molar-refractivity contribution >= 4 is 11.8 Å². The average Bonchev–Trinajstić information content (AvgIpc) is 3.23. The van der Waals surface area contributed by atoms with Gasteiger partial charge >= 0.3 is 6.03 Å². The second-order valence-electron chi connectivity index (χ2n) is 8.49. The fourth-order valence-electron chi connectivity index (χ4n) is 4.86. The van der Waals surface area contributed by atoms with Gasteiger partial charge in [0.05, 0.1) is 0 Å². The maximum Gasteiger partial charge on any atom is 0.317 e. The molecule has 6 nitrogen and oxygen atoms in total. The summed E-state index contributed by atoms with van der Waals surface area (Å²) >= 11 is 0. The molecular weight excluding hydrogens is 406 g/mol. The number of rotatable bonds is 2. The molecule has 1 saturated heterocycles. The first-order chi connectivity index (χ1) is 14.9. The number of urea groups is 1. The minimum absolute atomic E-state index is 0.157. The number of halogens is 2. The minimum atomic E-state index is -0.729. The van der Waals surface area contributed by atoms with Crippen molar-refractivity contribution in [1.29, 1.82) is 0 Å².